The second-order valence-corrected chi connectivity index (χ2v) is 3.07. The Balaban J connectivity index is 2.57. The molecule has 0 aromatic carbocycles. The first-order valence-corrected chi connectivity index (χ1v) is 4.04. The largest absolute Gasteiger partial charge is 0.484 e. The Morgan fingerprint density at radius 2 is 2.42 bits per heavy atom. The molecule has 3 N–H and O–H groups in total. The van der Waals surface area contributed by atoms with Crippen LogP contribution in [0.2, 0.25) is 0 Å². The smallest absolute Gasteiger partial charge is 0.145 e. The van der Waals surface area contributed by atoms with Gasteiger partial charge in [-0.15, -0.1) is 0 Å². The molecule has 1 rings (SSSR count). The highest BCUT2D eigenvalue weighted by atomic mass is 79.9. The van der Waals surface area contributed by atoms with Gasteiger partial charge in [-0.1, -0.05) is 0 Å². The van der Waals surface area contributed by atoms with Crippen LogP contribution in [0.3, 0.4) is 0 Å². The number of aromatic nitrogens is 1. The molecule has 0 aliphatic rings. The maximum atomic E-state index is 6.92. The first kappa shape index (κ1) is 8.99. The molecule has 0 aliphatic heterocycles. The average molecular weight is 230 g/mol. The minimum absolute atomic E-state index is 0.00465. The molecular formula is C7H8BrN3O. The van der Waals surface area contributed by atoms with E-state index in [4.69, 9.17) is 15.9 Å². The van der Waals surface area contributed by atoms with E-state index in [1.807, 2.05) is 0 Å². The third-order valence-corrected chi connectivity index (χ3v) is 1.51. The fourth-order valence-electron chi connectivity index (χ4n) is 0.632. The fourth-order valence-corrected chi connectivity index (χ4v) is 0.976. The van der Waals surface area contributed by atoms with Crippen LogP contribution < -0.4 is 10.5 Å². The van der Waals surface area contributed by atoms with Gasteiger partial charge in [-0.05, 0) is 22.0 Å². The number of nitrogens with zero attached hydrogens (tertiary/aromatic N) is 1. The standard InChI is InChI=1S/C7H8BrN3O/c8-5-1-6(3-11-2-5)12-4-7(9)10/h1-3H,4H2,(H3,9,10). The summed E-state index contributed by atoms with van der Waals surface area (Å²) in [5, 5.41) is 6.92. The molecule has 0 unspecified atom stereocenters. The number of hydrogen-bond acceptors (Lipinski definition) is 3. The molecule has 64 valence electrons. The Kier molecular flexibility index (Phi) is 3.04. The predicted octanol–water partition coefficient (Wildman–Crippen LogP) is 1.16. The molecule has 0 bridgehead atoms. The van der Waals surface area contributed by atoms with Crippen molar-refractivity contribution >= 4 is 21.8 Å². The van der Waals surface area contributed by atoms with Crippen molar-refractivity contribution in [2.75, 3.05) is 6.61 Å². The van der Waals surface area contributed by atoms with Crippen molar-refractivity contribution in [3.05, 3.63) is 22.9 Å². The number of amidine groups is 1. The van der Waals surface area contributed by atoms with Crippen LogP contribution in [0.1, 0.15) is 0 Å². The van der Waals surface area contributed by atoms with Gasteiger partial charge < -0.3 is 10.5 Å². The number of hydrogen-bond donors (Lipinski definition) is 2. The highest BCUT2D eigenvalue weighted by molar-refractivity contribution is 9.10. The lowest BCUT2D eigenvalue weighted by Crippen LogP contribution is -2.19. The van der Waals surface area contributed by atoms with E-state index in [0.717, 1.165) is 4.47 Å². The molecule has 0 saturated carbocycles. The highest BCUT2D eigenvalue weighted by Crippen LogP contribution is 2.15. The number of nitrogens with one attached hydrogen (secondary N) is 1. The number of rotatable bonds is 3. The van der Waals surface area contributed by atoms with E-state index in [9.17, 15) is 0 Å². The summed E-state index contributed by atoms with van der Waals surface area (Å²) < 4.78 is 5.94. The van der Waals surface area contributed by atoms with Gasteiger partial charge in [0, 0.05) is 10.7 Å². The summed E-state index contributed by atoms with van der Waals surface area (Å²) >= 11 is 3.24. The second-order valence-electron chi connectivity index (χ2n) is 2.15. The minimum atomic E-state index is -0.00465. The maximum absolute atomic E-state index is 6.92. The third-order valence-electron chi connectivity index (χ3n) is 1.07. The van der Waals surface area contributed by atoms with Gasteiger partial charge in [-0.3, -0.25) is 10.4 Å². The lowest BCUT2D eigenvalue weighted by molar-refractivity contribution is 0.372. The topological polar surface area (TPSA) is 72.0 Å². The Labute approximate surface area is 78.4 Å². The van der Waals surface area contributed by atoms with E-state index in [2.05, 4.69) is 20.9 Å². The number of pyridine rings is 1. The molecule has 0 saturated heterocycles. The normalized spacial score (nSPS) is 9.42. The second kappa shape index (κ2) is 4.06. The molecule has 1 heterocycles. The number of nitrogens with two attached hydrogens (primary N) is 1. The molecule has 0 spiro atoms. The quantitative estimate of drug-likeness (QED) is 0.604. The molecule has 12 heavy (non-hydrogen) atoms. The van der Waals surface area contributed by atoms with Gasteiger partial charge in [0.15, 0.2) is 0 Å². The van der Waals surface area contributed by atoms with Crippen LogP contribution in [0.5, 0.6) is 5.75 Å². The van der Waals surface area contributed by atoms with Crippen LogP contribution in [-0.2, 0) is 0 Å². The zero-order chi connectivity index (χ0) is 8.97. The summed E-state index contributed by atoms with van der Waals surface area (Å²) in [6.45, 7) is 0.0954. The number of ether oxygens (including phenoxy) is 1. The molecule has 1 aromatic rings. The Morgan fingerprint density at radius 3 is 3.00 bits per heavy atom. The van der Waals surface area contributed by atoms with E-state index in [1.54, 1.807) is 18.5 Å². The maximum Gasteiger partial charge on any atom is 0.145 e. The first-order valence-electron chi connectivity index (χ1n) is 3.25. The van der Waals surface area contributed by atoms with Crippen molar-refractivity contribution in [1.82, 2.24) is 4.98 Å². The Morgan fingerprint density at radius 1 is 1.67 bits per heavy atom. The molecule has 5 heteroatoms. The van der Waals surface area contributed by atoms with E-state index in [0.29, 0.717) is 5.75 Å². The molecule has 1 aromatic heterocycles. The number of halogens is 1. The van der Waals surface area contributed by atoms with Crippen molar-refractivity contribution in [1.29, 1.82) is 5.41 Å². The van der Waals surface area contributed by atoms with Crippen molar-refractivity contribution in [2.45, 2.75) is 0 Å². The highest BCUT2D eigenvalue weighted by Gasteiger charge is 1.95. The summed E-state index contributed by atoms with van der Waals surface area (Å²) in [6.07, 6.45) is 3.22. The van der Waals surface area contributed by atoms with E-state index in [-0.39, 0.29) is 12.4 Å². The SMILES string of the molecule is N=C(N)COc1cncc(Br)c1. The Hall–Kier alpha value is -1.10. The zero-order valence-electron chi connectivity index (χ0n) is 6.25. The summed E-state index contributed by atoms with van der Waals surface area (Å²) in [5.41, 5.74) is 5.10. The summed E-state index contributed by atoms with van der Waals surface area (Å²) in [7, 11) is 0. The van der Waals surface area contributed by atoms with Crippen molar-refractivity contribution in [3.8, 4) is 5.75 Å². The van der Waals surface area contributed by atoms with Crippen LogP contribution in [0.15, 0.2) is 22.9 Å². The molecule has 0 fully saturated rings. The first-order chi connectivity index (χ1) is 5.68. The van der Waals surface area contributed by atoms with E-state index < -0.39 is 0 Å². The van der Waals surface area contributed by atoms with Gasteiger partial charge in [-0.25, -0.2) is 0 Å². The predicted molar refractivity (Wildman–Crippen MR) is 49.3 cm³/mol. The van der Waals surface area contributed by atoms with Crippen LogP contribution in [-0.4, -0.2) is 17.4 Å². The monoisotopic (exact) mass is 229 g/mol. The van der Waals surface area contributed by atoms with Gasteiger partial charge >= 0.3 is 0 Å². The van der Waals surface area contributed by atoms with Gasteiger partial charge in [0.05, 0.1) is 6.20 Å². The lowest BCUT2D eigenvalue weighted by atomic mass is 10.5. The summed E-state index contributed by atoms with van der Waals surface area (Å²) in [4.78, 5) is 3.88. The molecular weight excluding hydrogens is 222 g/mol. The third kappa shape index (κ3) is 2.87. The molecule has 4 nitrogen and oxygen atoms in total. The molecule has 0 radical (unpaired) electrons. The van der Waals surface area contributed by atoms with Crippen LogP contribution >= 0.6 is 15.9 Å². The molecule has 0 aliphatic carbocycles. The van der Waals surface area contributed by atoms with Crippen LogP contribution in [0.4, 0.5) is 0 Å². The summed E-state index contributed by atoms with van der Waals surface area (Å²) in [5.74, 6) is 0.592. The summed E-state index contributed by atoms with van der Waals surface area (Å²) in [6, 6.07) is 1.76. The Bertz CT molecular complexity index is 290. The van der Waals surface area contributed by atoms with Gasteiger partial charge in [0.25, 0.3) is 0 Å². The van der Waals surface area contributed by atoms with Gasteiger partial charge in [0.2, 0.25) is 0 Å². The van der Waals surface area contributed by atoms with Crippen LogP contribution in [0.25, 0.3) is 0 Å². The van der Waals surface area contributed by atoms with Gasteiger partial charge in [0.1, 0.15) is 18.2 Å². The average Bonchev–Trinajstić information content (AvgIpc) is 2.01. The minimum Gasteiger partial charge on any atom is -0.484 e. The molecule has 0 atom stereocenters. The van der Waals surface area contributed by atoms with E-state index in [1.165, 1.54) is 0 Å². The fraction of sp³-hybridized carbons (Fsp3) is 0.143. The van der Waals surface area contributed by atoms with Crippen molar-refractivity contribution in [2.24, 2.45) is 5.73 Å². The lowest BCUT2D eigenvalue weighted by Gasteiger charge is -2.03. The van der Waals surface area contributed by atoms with Crippen molar-refractivity contribution < 1.29 is 4.74 Å². The van der Waals surface area contributed by atoms with E-state index >= 15 is 0 Å². The van der Waals surface area contributed by atoms with Gasteiger partial charge in [-0.2, -0.15) is 0 Å². The zero-order valence-corrected chi connectivity index (χ0v) is 7.84. The van der Waals surface area contributed by atoms with Crippen LogP contribution in [0, 0.1) is 5.41 Å². The van der Waals surface area contributed by atoms with Crippen molar-refractivity contribution in [3.63, 3.8) is 0 Å². The molecule has 0 amide bonds.